The highest BCUT2D eigenvalue weighted by atomic mass is 35.5. The number of nitrogens with zero attached hydrogens (tertiary/aromatic N) is 2. The first-order valence-electron chi connectivity index (χ1n) is 7.35. The fourth-order valence-corrected chi connectivity index (χ4v) is 3.79. The average molecular weight is 361 g/mol. The highest BCUT2D eigenvalue weighted by molar-refractivity contribution is 7.89. The Kier molecular flexibility index (Phi) is 5.67. The van der Waals surface area contributed by atoms with Crippen LogP contribution in [0.15, 0.2) is 29.2 Å². The van der Waals surface area contributed by atoms with Gasteiger partial charge in [-0.05, 0) is 38.1 Å². The molecule has 2 atom stereocenters. The summed E-state index contributed by atoms with van der Waals surface area (Å²) in [5.74, 6) is -0.230. The van der Waals surface area contributed by atoms with Crippen LogP contribution < -0.4 is 0 Å². The summed E-state index contributed by atoms with van der Waals surface area (Å²) in [6.45, 7) is 4.52. The fraction of sp³-hybridized carbons (Fsp3) is 0.533. The van der Waals surface area contributed by atoms with Gasteiger partial charge in [-0.25, -0.2) is 8.42 Å². The summed E-state index contributed by atoms with van der Waals surface area (Å²) < 4.78 is 31.6. The minimum atomic E-state index is -3.72. The molecule has 1 aromatic carbocycles. The summed E-state index contributed by atoms with van der Waals surface area (Å²) in [6.07, 6.45) is -0.109. The Morgan fingerprint density at radius 1 is 1.26 bits per heavy atom. The number of rotatable bonds is 4. The second-order valence-electron chi connectivity index (χ2n) is 5.77. The van der Waals surface area contributed by atoms with Crippen LogP contribution >= 0.6 is 11.6 Å². The smallest absolute Gasteiger partial charge is 0.243 e. The molecular weight excluding hydrogens is 340 g/mol. The highest BCUT2D eigenvalue weighted by Crippen LogP contribution is 2.18. The predicted molar refractivity (Wildman–Crippen MR) is 87.9 cm³/mol. The molecule has 23 heavy (non-hydrogen) atoms. The number of amides is 1. The molecule has 2 unspecified atom stereocenters. The molecule has 1 heterocycles. The number of halogens is 1. The number of likely N-dealkylation sites (N-methyl/N-ethyl adjacent to an activating group) is 1. The number of sulfonamides is 1. The third-order valence-corrected chi connectivity index (χ3v) is 5.72. The van der Waals surface area contributed by atoms with Gasteiger partial charge in [-0.2, -0.15) is 4.31 Å². The molecule has 0 bridgehead atoms. The molecule has 0 aliphatic carbocycles. The van der Waals surface area contributed by atoms with Crippen molar-refractivity contribution >= 4 is 27.5 Å². The Hall–Kier alpha value is -1.15. The summed E-state index contributed by atoms with van der Waals surface area (Å²) in [4.78, 5) is 14.1. The van der Waals surface area contributed by atoms with E-state index < -0.39 is 10.0 Å². The van der Waals surface area contributed by atoms with Crippen LogP contribution in [-0.4, -0.2) is 62.4 Å². The van der Waals surface area contributed by atoms with Crippen molar-refractivity contribution in [3.8, 4) is 0 Å². The van der Waals surface area contributed by atoms with Crippen molar-refractivity contribution in [3.63, 3.8) is 0 Å². The quantitative estimate of drug-likeness (QED) is 0.818. The zero-order valence-electron chi connectivity index (χ0n) is 13.4. The fourth-order valence-electron chi connectivity index (χ4n) is 2.54. The van der Waals surface area contributed by atoms with Gasteiger partial charge < -0.3 is 9.64 Å². The number of carbonyl (C=O) groups excluding carboxylic acids is 1. The van der Waals surface area contributed by atoms with Gasteiger partial charge in [0.2, 0.25) is 15.9 Å². The normalized spacial score (nSPS) is 22.4. The molecule has 1 aromatic rings. The van der Waals surface area contributed by atoms with Crippen molar-refractivity contribution in [1.29, 1.82) is 0 Å². The van der Waals surface area contributed by atoms with Gasteiger partial charge in [0.15, 0.2) is 0 Å². The summed E-state index contributed by atoms with van der Waals surface area (Å²) >= 11 is 5.77. The first kappa shape index (κ1) is 18.2. The molecule has 1 saturated heterocycles. The van der Waals surface area contributed by atoms with Crippen molar-refractivity contribution in [1.82, 2.24) is 9.21 Å². The van der Waals surface area contributed by atoms with Crippen LogP contribution in [0.4, 0.5) is 0 Å². The molecule has 0 spiro atoms. The number of morpholine rings is 1. The summed E-state index contributed by atoms with van der Waals surface area (Å²) in [5.41, 5.74) is 0. The minimum Gasteiger partial charge on any atom is -0.372 e. The lowest BCUT2D eigenvalue weighted by Crippen LogP contribution is -2.51. The zero-order chi connectivity index (χ0) is 17.2. The summed E-state index contributed by atoms with van der Waals surface area (Å²) in [7, 11) is -2.32. The maximum Gasteiger partial charge on any atom is 0.243 e. The van der Waals surface area contributed by atoms with Crippen molar-refractivity contribution < 1.29 is 17.9 Å². The largest absolute Gasteiger partial charge is 0.372 e. The Morgan fingerprint density at radius 2 is 1.78 bits per heavy atom. The average Bonchev–Trinajstić information content (AvgIpc) is 2.46. The van der Waals surface area contributed by atoms with E-state index in [1.54, 1.807) is 4.90 Å². The minimum absolute atomic E-state index is 0.0547. The maximum absolute atomic E-state index is 12.5. The van der Waals surface area contributed by atoms with Crippen molar-refractivity contribution in [2.45, 2.75) is 31.0 Å². The second-order valence-corrected chi connectivity index (χ2v) is 8.25. The molecule has 2 rings (SSSR count). The van der Waals surface area contributed by atoms with E-state index >= 15 is 0 Å². The van der Waals surface area contributed by atoms with Crippen LogP contribution in [-0.2, 0) is 19.6 Å². The van der Waals surface area contributed by atoms with Crippen LogP contribution in [0.3, 0.4) is 0 Å². The number of hydrogen-bond acceptors (Lipinski definition) is 4. The topological polar surface area (TPSA) is 66.9 Å². The van der Waals surface area contributed by atoms with E-state index in [2.05, 4.69) is 0 Å². The van der Waals surface area contributed by atoms with E-state index in [1.165, 1.54) is 31.3 Å². The first-order valence-corrected chi connectivity index (χ1v) is 9.17. The molecule has 1 aliphatic rings. The second kappa shape index (κ2) is 7.17. The molecule has 0 radical (unpaired) electrons. The van der Waals surface area contributed by atoms with E-state index in [4.69, 9.17) is 16.3 Å². The number of carbonyl (C=O) groups is 1. The van der Waals surface area contributed by atoms with Crippen molar-refractivity contribution in [3.05, 3.63) is 29.3 Å². The van der Waals surface area contributed by atoms with Crippen molar-refractivity contribution in [2.24, 2.45) is 0 Å². The molecule has 0 aromatic heterocycles. The highest BCUT2D eigenvalue weighted by Gasteiger charge is 2.29. The Balaban J connectivity index is 2.06. The summed E-state index contributed by atoms with van der Waals surface area (Å²) in [6, 6.07) is 5.87. The maximum atomic E-state index is 12.5. The molecule has 6 nitrogen and oxygen atoms in total. The number of benzene rings is 1. The van der Waals surface area contributed by atoms with Gasteiger partial charge in [-0.1, -0.05) is 11.6 Å². The van der Waals surface area contributed by atoms with E-state index in [-0.39, 0.29) is 29.6 Å². The lowest BCUT2D eigenvalue weighted by Gasteiger charge is -2.36. The monoisotopic (exact) mass is 360 g/mol. The van der Waals surface area contributed by atoms with Gasteiger partial charge in [0.25, 0.3) is 0 Å². The van der Waals surface area contributed by atoms with Crippen molar-refractivity contribution in [2.75, 3.05) is 26.7 Å². The molecule has 8 heteroatoms. The predicted octanol–water partition coefficient (Wildman–Crippen LogP) is 1.60. The van der Waals surface area contributed by atoms with Crippen LogP contribution in [0, 0.1) is 0 Å². The van der Waals surface area contributed by atoms with Gasteiger partial charge in [0.1, 0.15) is 0 Å². The van der Waals surface area contributed by atoms with Crippen LogP contribution in [0.2, 0.25) is 5.02 Å². The number of hydrogen-bond donors (Lipinski definition) is 0. The Morgan fingerprint density at radius 3 is 2.30 bits per heavy atom. The number of ether oxygens (including phenoxy) is 1. The van der Waals surface area contributed by atoms with E-state index in [0.29, 0.717) is 18.1 Å². The SMILES string of the molecule is CC1CN(C(=O)CN(C)S(=O)(=O)c2ccc(Cl)cc2)CC(C)O1. The van der Waals surface area contributed by atoms with Gasteiger partial charge >= 0.3 is 0 Å². The summed E-state index contributed by atoms with van der Waals surface area (Å²) in [5, 5.41) is 0.457. The van der Waals surface area contributed by atoms with E-state index in [0.717, 1.165) is 4.31 Å². The van der Waals surface area contributed by atoms with Crippen LogP contribution in [0.25, 0.3) is 0 Å². The van der Waals surface area contributed by atoms with E-state index in [1.807, 2.05) is 13.8 Å². The lowest BCUT2D eigenvalue weighted by molar-refractivity contribution is -0.143. The Bertz CT molecular complexity index is 653. The molecule has 0 saturated carbocycles. The lowest BCUT2D eigenvalue weighted by atomic mass is 10.2. The molecule has 0 N–H and O–H groups in total. The van der Waals surface area contributed by atoms with E-state index in [9.17, 15) is 13.2 Å². The van der Waals surface area contributed by atoms with Gasteiger partial charge in [-0.3, -0.25) is 4.79 Å². The standard InChI is InChI=1S/C15H21ClN2O4S/c1-11-8-18(9-12(2)22-11)15(19)10-17(3)23(20,21)14-6-4-13(16)5-7-14/h4-7,11-12H,8-10H2,1-3H3. The third kappa shape index (κ3) is 4.44. The molecular formula is C15H21ClN2O4S. The molecule has 1 aliphatic heterocycles. The van der Waals surface area contributed by atoms with Crippen LogP contribution in [0.5, 0.6) is 0 Å². The van der Waals surface area contributed by atoms with Gasteiger partial charge in [0, 0.05) is 25.2 Å². The third-order valence-electron chi connectivity index (χ3n) is 3.65. The molecule has 128 valence electrons. The first-order chi connectivity index (χ1) is 10.7. The van der Waals surface area contributed by atoms with Gasteiger partial charge in [-0.15, -0.1) is 0 Å². The Labute approximate surface area is 142 Å². The molecule has 1 amide bonds. The van der Waals surface area contributed by atoms with Crippen LogP contribution in [0.1, 0.15) is 13.8 Å². The van der Waals surface area contributed by atoms with Gasteiger partial charge in [0.05, 0.1) is 23.6 Å². The zero-order valence-corrected chi connectivity index (χ0v) is 15.0. The molecule has 1 fully saturated rings.